The standard InChI is InChI=1S/C11H14N2O3/c14-11(15)9-6-12-4-3-10(9)13-8-2-1-5-16-7-8/h3-4,6,8H,1-2,5,7H2,(H,12,13)(H,14,15). The molecule has 1 aliphatic rings. The summed E-state index contributed by atoms with van der Waals surface area (Å²) in [5.41, 5.74) is 0.811. The summed E-state index contributed by atoms with van der Waals surface area (Å²) >= 11 is 0. The Kier molecular flexibility index (Phi) is 3.36. The third-order valence-corrected chi connectivity index (χ3v) is 2.57. The first-order chi connectivity index (χ1) is 7.77. The van der Waals surface area contributed by atoms with Gasteiger partial charge < -0.3 is 15.2 Å². The van der Waals surface area contributed by atoms with Crippen molar-refractivity contribution in [3.63, 3.8) is 0 Å². The third-order valence-electron chi connectivity index (χ3n) is 2.57. The van der Waals surface area contributed by atoms with Crippen molar-refractivity contribution < 1.29 is 14.6 Å². The number of anilines is 1. The molecule has 86 valence electrons. The molecular weight excluding hydrogens is 208 g/mol. The Morgan fingerprint density at radius 2 is 2.50 bits per heavy atom. The largest absolute Gasteiger partial charge is 0.478 e. The maximum Gasteiger partial charge on any atom is 0.339 e. The minimum absolute atomic E-state index is 0.189. The van der Waals surface area contributed by atoms with Gasteiger partial charge in [0, 0.05) is 25.0 Å². The molecule has 0 bridgehead atoms. The van der Waals surface area contributed by atoms with Gasteiger partial charge in [-0.05, 0) is 18.9 Å². The second-order valence-electron chi connectivity index (χ2n) is 3.78. The van der Waals surface area contributed by atoms with Gasteiger partial charge in [0.1, 0.15) is 5.56 Å². The van der Waals surface area contributed by atoms with Crippen molar-refractivity contribution >= 4 is 11.7 Å². The van der Waals surface area contributed by atoms with Crippen LogP contribution >= 0.6 is 0 Å². The predicted octanol–water partition coefficient (Wildman–Crippen LogP) is 1.37. The highest BCUT2D eigenvalue weighted by atomic mass is 16.5. The van der Waals surface area contributed by atoms with E-state index in [0.717, 1.165) is 19.4 Å². The Balaban J connectivity index is 2.10. The zero-order valence-corrected chi connectivity index (χ0v) is 8.85. The van der Waals surface area contributed by atoms with Gasteiger partial charge in [0.15, 0.2) is 0 Å². The minimum atomic E-state index is -0.965. The number of pyridine rings is 1. The zero-order valence-electron chi connectivity index (χ0n) is 8.85. The molecule has 0 aliphatic carbocycles. The molecule has 1 fully saturated rings. The van der Waals surface area contributed by atoms with Crippen molar-refractivity contribution in [2.24, 2.45) is 0 Å². The molecule has 1 saturated heterocycles. The Labute approximate surface area is 93.5 Å². The molecule has 1 aliphatic heterocycles. The topological polar surface area (TPSA) is 71.5 Å². The van der Waals surface area contributed by atoms with Gasteiger partial charge >= 0.3 is 5.97 Å². The summed E-state index contributed by atoms with van der Waals surface area (Å²) in [7, 11) is 0. The van der Waals surface area contributed by atoms with Crippen LogP contribution in [-0.2, 0) is 4.74 Å². The van der Waals surface area contributed by atoms with Crippen molar-refractivity contribution in [2.75, 3.05) is 18.5 Å². The fourth-order valence-corrected chi connectivity index (χ4v) is 1.77. The number of hydrogen-bond donors (Lipinski definition) is 2. The molecule has 0 amide bonds. The van der Waals surface area contributed by atoms with E-state index in [1.165, 1.54) is 6.20 Å². The Morgan fingerprint density at radius 3 is 3.19 bits per heavy atom. The molecule has 0 aromatic carbocycles. The van der Waals surface area contributed by atoms with Crippen LogP contribution in [0.2, 0.25) is 0 Å². The molecule has 2 rings (SSSR count). The van der Waals surface area contributed by atoms with Crippen LogP contribution in [0.3, 0.4) is 0 Å². The van der Waals surface area contributed by atoms with Crippen LogP contribution in [0.25, 0.3) is 0 Å². The molecule has 1 aromatic rings. The lowest BCUT2D eigenvalue weighted by Gasteiger charge is -2.24. The predicted molar refractivity (Wildman–Crippen MR) is 58.7 cm³/mol. The van der Waals surface area contributed by atoms with Crippen molar-refractivity contribution in [3.05, 3.63) is 24.0 Å². The van der Waals surface area contributed by atoms with E-state index in [9.17, 15) is 4.79 Å². The maximum atomic E-state index is 11.0. The highest BCUT2D eigenvalue weighted by molar-refractivity contribution is 5.93. The molecule has 16 heavy (non-hydrogen) atoms. The van der Waals surface area contributed by atoms with Crippen molar-refractivity contribution in [1.82, 2.24) is 4.98 Å². The normalized spacial score (nSPS) is 20.4. The molecule has 5 heteroatoms. The lowest BCUT2D eigenvalue weighted by molar-refractivity contribution is 0.0696. The quantitative estimate of drug-likeness (QED) is 0.808. The SMILES string of the molecule is O=C(O)c1cnccc1NC1CCCOC1. The van der Waals surface area contributed by atoms with Crippen LogP contribution in [0.1, 0.15) is 23.2 Å². The second-order valence-corrected chi connectivity index (χ2v) is 3.78. The van der Waals surface area contributed by atoms with Crippen LogP contribution in [0, 0.1) is 0 Å². The van der Waals surface area contributed by atoms with E-state index in [1.54, 1.807) is 12.3 Å². The van der Waals surface area contributed by atoms with E-state index in [1.807, 2.05) is 0 Å². The molecule has 0 saturated carbocycles. The highest BCUT2D eigenvalue weighted by Gasteiger charge is 2.16. The Hall–Kier alpha value is -1.62. The van der Waals surface area contributed by atoms with Gasteiger partial charge in [-0.1, -0.05) is 0 Å². The van der Waals surface area contributed by atoms with Crippen LogP contribution in [0.5, 0.6) is 0 Å². The van der Waals surface area contributed by atoms with E-state index >= 15 is 0 Å². The Morgan fingerprint density at radius 1 is 1.62 bits per heavy atom. The number of carboxylic acids is 1. The van der Waals surface area contributed by atoms with E-state index < -0.39 is 5.97 Å². The van der Waals surface area contributed by atoms with Gasteiger partial charge in [-0.2, -0.15) is 0 Å². The molecule has 5 nitrogen and oxygen atoms in total. The Bertz CT molecular complexity index is 375. The summed E-state index contributed by atoms with van der Waals surface area (Å²) in [6.07, 6.45) is 4.94. The first-order valence-electron chi connectivity index (χ1n) is 5.29. The van der Waals surface area contributed by atoms with Crippen LogP contribution < -0.4 is 5.32 Å². The fraction of sp³-hybridized carbons (Fsp3) is 0.455. The van der Waals surface area contributed by atoms with Crippen LogP contribution in [0.4, 0.5) is 5.69 Å². The molecule has 2 N–H and O–H groups in total. The van der Waals surface area contributed by atoms with Gasteiger partial charge in [0.25, 0.3) is 0 Å². The van der Waals surface area contributed by atoms with Crippen LogP contribution in [-0.4, -0.2) is 35.3 Å². The monoisotopic (exact) mass is 222 g/mol. The lowest BCUT2D eigenvalue weighted by Crippen LogP contribution is -2.30. The molecule has 0 radical (unpaired) electrons. The molecule has 1 unspecified atom stereocenters. The van der Waals surface area contributed by atoms with Gasteiger partial charge in [-0.15, -0.1) is 0 Å². The molecule has 1 aromatic heterocycles. The summed E-state index contributed by atoms with van der Waals surface area (Å²) in [5.74, 6) is -0.965. The molecular formula is C11H14N2O3. The number of ether oxygens (including phenoxy) is 1. The number of aromatic nitrogens is 1. The number of nitrogens with zero attached hydrogens (tertiary/aromatic N) is 1. The second kappa shape index (κ2) is 4.94. The number of hydrogen-bond acceptors (Lipinski definition) is 4. The van der Waals surface area contributed by atoms with E-state index in [2.05, 4.69) is 10.3 Å². The van der Waals surface area contributed by atoms with Gasteiger partial charge in [-0.25, -0.2) is 4.79 Å². The average Bonchev–Trinajstić information content (AvgIpc) is 2.31. The summed E-state index contributed by atoms with van der Waals surface area (Å²) in [5, 5.41) is 12.2. The number of rotatable bonds is 3. The fourth-order valence-electron chi connectivity index (χ4n) is 1.77. The third kappa shape index (κ3) is 2.49. The zero-order chi connectivity index (χ0) is 11.4. The minimum Gasteiger partial charge on any atom is -0.478 e. The summed E-state index contributed by atoms with van der Waals surface area (Å²) < 4.78 is 5.33. The van der Waals surface area contributed by atoms with E-state index in [4.69, 9.17) is 9.84 Å². The van der Waals surface area contributed by atoms with Gasteiger partial charge in [-0.3, -0.25) is 4.98 Å². The van der Waals surface area contributed by atoms with Crippen molar-refractivity contribution in [1.29, 1.82) is 0 Å². The number of nitrogens with one attached hydrogen (secondary N) is 1. The number of carbonyl (C=O) groups is 1. The van der Waals surface area contributed by atoms with Crippen LogP contribution in [0.15, 0.2) is 18.5 Å². The number of carboxylic acid groups (broad SMARTS) is 1. The van der Waals surface area contributed by atoms with E-state index in [0.29, 0.717) is 12.3 Å². The first-order valence-corrected chi connectivity index (χ1v) is 5.29. The summed E-state index contributed by atoms with van der Waals surface area (Å²) in [6.45, 7) is 1.42. The maximum absolute atomic E-state index is 11.0. The van der Waals surface area contributed by atoms with E-state index in [-0.39, 0.29) is 11.6 Å². The molecule has 1 atom stereocenters. The molecule has 0 spiro atoms. The molecule has 2 heterocycles. The lowest BCUT2D eigenvalue weighted by atomic mass is 10.1. The smallest absolute Gasteiger partial charge is 0.339 e. The van der Waals surface area contributed by atoms with Crippen molar-refractivity contribution in [2.45, 2.75) is 18.9 Å². The van der Waals surface area contributed by atoms with Gasteiger partial charge in [0.2, 0.25) is 0 Å². The summed E-state index contributed by atoms with van der Waals surface area (Å²) in [6, 6.07) is 1.87. The van der Waals surface area contributed by atoms with Gasteiger partial charge in [0.05, 0.1) is 12.3 Å². The summed E-state index contributed by atoms with van der Waals surface area (Å²) in [4.78, 5) is 14.8. The first kappa shape index (κ1) is 10.9. The van der Waals surface area contributed by atoms with Crippen molar-refractivity contribution in [3.8, 4) is 0 Å². The average molecular weight is 222 g/mol. The highest BCUT2D eigenvalue weighted by Crippen LogP contribution is 2.17. The number of aromatic carboxylic acids is 1.